The summed E-state index contributed by atoms with van der Waals surface area (Å²) in [7, 11) is 0. The van der Waals surface area contributed by atoms with E-state index in [0.717, 1.165) is 32.1 Å². The number of rotatable bonds is 3. The van der Waals surface area contributed by atoms with Crippen LogP contribution in [0.25, 0.3) is 0 Å². The van der Waals surface area contributed by atoms with E-state index in [2.05, 4.69) is 0 Å². The molecule has 4 nitrogen and oxygen atoms in total. The van der Waals surface area contributed by atoms with Gasteiger partial charge in [-0.25, -0.2) is 0 Å². The molecule has 4 unspecified atom stereocenters. The van der Waals surface area contributed by atoms with Crippen LogP contribution in [0.4, 0.5) is 0 Å². The molecule has 1 N–H and O–H groups in total. The Bertz CT molecular complexity index is 355. The summed E-state index contributed by atoms with van der Waals surface area (Å²) in [5.41, 5.74) is -0.406. The summed E-state index contributed by atoms with van der Waals surface area (Å²) in [6, 6.07) is 0. The van der Waals surface area contributed by atoms with Crippen LogP contribution in [0, 0.1) is 11.8 Å². The Morgan fingerprint density at radius 2 is 1.89 bits per heavy atom. The van der Waals surface area contributed by atoms with E-state index in [4.69, 9.17) is 9.47 Å². The summed E-state index contributed by atoms with van der Waals surface area (Å²) in [6.07, 6.45) is 5.68. The molecule has 2 aliphatic carbocycles. The lowest BCUT2D eigenvalue weighted by molar-refractivity contribution is -0.170. The van der Waals surface area contributed by atoms with Crippen molar-refractivity contribution in [1.29, 1.82) is 0 Å². The topological polar surface area (TPSA) is 59.1 Å². The molecule has 0 aromatic heterocycles. The molecule has 0 spiro atoms. The van der Waals surface area contributed by atoms with Crippen LogP contribution in [0.1, 0.15) is 52.4 Å². The molecule has 2 saturated carbocycles. The maximum absolute atomic E-state index is 12.2. The predicted molar refractivity (Wildman–Crippen MR) is 69.5 cm³/mol. The lowest BCUT2D eigenvalue weighted by Gasteiger charge is -2.34. The number of fused-ring (bicyclic) bond motifs is 1. The summed E-state index contributed by atoms with van der Waals surface area (Å²) in [5.74, 6) is 0.175. The molecule has 0 radical (unpaired) electrons. The SMILES string of the molecule is CC(C)(OC(=O)C1CCCC(O)C1)C1CC2OC2C1. The molecule has 1 heterocycles. The van der Waals surface area contributed by atoms with Crippen LogP contribution in [0.2, 0.25) is 0 Å². The van der Waals surface area contributed by atoms with E-state index in [-0.39, 0.29) is 18.0 Å². The standard InChI is InChI=1S/C15H24O4/c1-15(2,10-7-12-13(8-10)18-12)19-14(17)9-4-3-5-11(16)6-9/h9-13,16H,3-8H2,1-2H3. The molecule has 3 aliphatic rings. The average Bonchev–Trinajstić information content (AvgIpc) is 2.95. The zero-order chi connectivity index (χ0) is 13.6. The molecule has 1 aliphatic heterocycles. The van der Waals surface area contributed by atoms with Crippen LogP contribution >= 0.6 is 0 Å². The van der Waals surface area contributed by atoms with Gasteiger partial charge in [0.15, 0.2) is 0 Å². The average molecular weight is 268 g/mol. The molecule has 4 heteroatoms. The van der Waals surface area contributed by atoms with E-state index in [0.29, 0.717) is 24.5 Å². The van der Waals surface area contributed by atoms with Gasteiger partial charge in [0.25, 0.3) is 0 Å². The minimum atomic E-state index is -0.406. The molecule has 4 atom stereocenters. The highest BCUT2D eigenvalue weighted by Gasteiger charge is 2.53. The molecular formula is C15H24O4. The molecule has 0 bridgehead atoms. The molecule has 1 saturated heterocycles. The third-order valence-corrected chi connectivity index (χ3v) is 5.05. The summed E-state index contributed by atoms with van der Waals surface area (Å²) in [5, 5.41) is 9.65. The zero-order valence-corrected chi connectivity index (χ0v) is 11.8. The summed E-state index contributed by atoms with van der Waals surface area (Å²) < 4.78 is 11.2. The summed E-state index contributed by atoms with van der Waals surface area (Å²) in [4.78, 5) is 12.2. The van der Waals surface area contributed by atoms with Gasteiger partial charge in [0.1, 0.15) is 5.60 Å². The van der Waals surface area contributed by atoms with Crippen LogP contribution in [0.5, 0.6) is 0 Å². The van der Waals surface area contributed by atoms with E-state index >= 15 is 0 Å². The fourth-order valence-electron chi connectivity index (χ4n) is 3.62. The van der Waals surface area contributed by atoms with Gasteiger partial charge in [0, 0.05) is 5.92 Å². The first kappa shape index (κ1) is 13.4. The molecule has 3 fully saturated rings. The van der Waals surface area contributed by atoms with E-state index in [1.807, 2.05) is 13.8 Å². The lowest BCUT2D eigenvalue weighted by atomic mass is 9.86. The number of esters is 1. The van der Waals surface area contributed by atoms with Crippen molar-refractivity contribution < 1.29 is 19.4 Å². The van der Waals surface area contributed by atoms with Gasteiger partial charge in [-0.2, -0.15) is 0 Å². The number of carbonyl (C=O) groups is 1. The first-order valence-corrected chi connectivity index (χ1v) is 7.52. The second kappa shape index (κ2) is 4.74. The largest absolute Gasteiger partial charge is 0.459 e. The van der Waals surface area contributed by atoms with Crippen molar-refractivity contribution in [2.24, 2.45) is 11.8 Å². The van der Waals surface area contributed by atoms with Crippen molar-refractivity contribution in [2.75, 3.05) is 0 Å². The smallest absolute Gasteiger partial charge is 0.309 e. The Labute approximate surface area is 114 Å². The summed E-state index contributed by atoms with van der Waals surface area (Å²) in [6.45, 7) is 4.03. The van der Waals surface area contributed by atoms with E-state index in [1.54, 1.807) is 0 Å². The maximum Gasteiger partial charge on any atom is 0.309 e. The maximum atomic E-state index is 12.2. The van der Waals surface area contributed by atoms with Gasteiger partial charge in [0.2, 0.25) is 0 Å². The fourth-order valence-corrected chi connectivity index (χ4v) is 3.62. The first-order chi connectivity index (χ1) is 8.95. The van der Waals surface area contributed by atoms with Crippen LogP contribution < -0.4 is 0 Å². The number of hydrogen-bond donors (Lipinski definition) is 1. The lowest BCUT2D eigenvalue weighted by Crippen LogP contribution is -2.39. The van der Waals surface area contributed by atoms with Gasteiger partial charge in [-0.15, -0.1) is 0 Å². The Morgan fingerprint density at radius 3 is 2.53 bits per heavy atom. The van der Waals surface area contributed by atoms with Gasteiger partial charge in [-0.1, -0.05) is 6.42 Å². The Balaban J connectivity index is 1.55. The van der Waals surface area contributed by atoms with Crippen LogP contribution in [0.3, 0.4) is 0 Å². The van der Waals surface area contributed by atoms with E-state index < -0.39 is 5.60 Å². The molecule has 0 aromatic rings. The number of carbonyl (C=O) groups excluding carboxylic acids is 1. The summed E-state index contributed by atoms with van der Waals surface area (Å²) >= 11 is 0. The molecule has 19 heavy (non-hydrogen) atoms. The monoisotopic (exact) mass is 268 g/mol. The van der Waals surface area contributed by atoms with E-state index in [9.17, 15) is 9.90 Å². The number of aliphatic hydroxyl groups excluding tert-OH is 1. The molecule has 3 rings (SSSR count). The van der Waals surface area contributed by atoms with Crippen molar-refractivity contribution >= 4 is 5.97 Å². The quantitative estimate of drug-likeness (QED) is 0.628. The van der Waals surface area contributed by atoms with Crippen molar-refractivity contribution in [2.45, 2.75) is 76.3 Å². The predicted octanol–water partition coefficient (Wildman–Crippen LogP) is 2.04. The number of aliphatic hydroxyl groups is 1. The third kappa shape index (κ3) is 2.79. The second-order valence-corrected chi connectivity index (χ2v) is 6.92. The van der Waals surface area contributed by atoms with Gasteiger partial charge in [-0.05, 0) is 46.0 Å². The molecule has 108 valence electrons. The van der Waals surface area contributed by atoms with Gasteiger partial charge < -0.3 is 14.6 Å². The molecule has 0 amide bonds. The number of hydrogen-bond acceptors (Lipinski definition) is 4. The van der Waals surface area contributed by atoms with Crippen LogP contribution in [-0.4, -0.2) is 35.0 Å². The highest BCUT2D eigenvalue weighted by atomic mass is 16.6. The van der Waals surface area contributed by atoms with Crippen molar-refractivity contribution in [1.82, 2.24) is 0 Å². The third-order valence-electron chi connectivity index (χ3n) is 5.05. The first-order valence-electron chi connectivity index (χ1n) is 7.52. The van der Waals surface area contributed by atoms with E-state index in [1.165, 1.54) is 0 Å². The second-order valence-electron chi connectivity index (χ2n) is 6.92. The Hall–Kier alpha value is -0.610. The van der Waals surface area contributed by atoms with Crippen LogP contribution in [0.15, 0.2) is 0 Å². The molecule has 0 aromatic carbocycles. The highest BCUT2D eigenvalue weighted by Crippen LogP contribution is 2.47. The number of ether oxygens (including phenoxy) is 2. The van der Waals surface area contributed by atoms with Gasteiger partial charge >= 0.3 is 5.97 Å². The highest BCUT2D eigenvalue weighted by molar-refractivity contribution is 5.73. The zero-order valence-electron chi connectivity index (χ0n) is 11.8. The van der Waals surface area contributed by atoms with Crippen molar-refractivity contribution in [3.05, 3.63) is 0 Å². The fraction of sp³-hybridized carbons (Fsp3) is 0.933. The minimum Gasteiger partial charge on any atom is -0.459 e. The van der Waals surface area contributed by atoms with Gasteiger partial charge in [-0.3, -0.25) is 4.79 Å². The van der Waals surface area contributed by atoms with Crippen LogP contribution in [-0.2, 0) is 14.3 Å². The Kier molecular flexibility index (Phi) is 3.34. The Morgan fingerprint density at radius 1 is 1.21 bits per heavy atom. The normalized spacial score (nSPS) is 41.7. The molecular weight excluding hydrogens is 244 g/mol. The van der Waals surface area contributed by atoms with Crippen molar-refractivity contribution in [3.63, 3.8) is 0 Å². The minimum absolute atomic E-state index is 0.116. The van der Waals surface area contributed by atoms with Crippen molar-refractivity contribution in [3.8, 4) is 0 Å². The van der Waals surface area contributed by atoms with Gasteiger partial charge in [0.05, 0.1) is 24.2 Å². The number of epoxide rings is 1.